The van der Waals surface area contributed by atoms with E-state index in [4.69, 9.17) is 25.8 Å². The summed E-state index contributed by atoms with van der Waals surface area (Å²) in [5, 5.41) is 4.49. The lowest BCUT2D eigenvalue weighted by Gasteiger charge is -2.09. The fourth-order valence-electron chi connectivity index (χ4n) is 2.66. The highest BCUT2D eigenvalue weighted by atomic mass is 35.5. The van der Waals surface area contributed by atoms with Gasteiger partial charge in [-0.25, -0.2) is 5.43 Å². The molecule has 0 spiro atoms. The van der Waals surface area contributed by atoms with Gasteiger partial charge in [0, 0.05) is 17.0 Å². The van der Waals surface area contributed by atoms with Crippen LogP contribution in [0.5, 0.6) is 17.2 Å². The van der Waals surface area contributed by atoms with E-state index in [-0.39, 0.29) is 5.91 Å². The molecule has 0 aromatic heterocycles. The van der Waals surface area contributed by atoms with Crippen LogP contribution in [0.2, 0.25) is 5.02 Å². The van der Waals surface area contributed by atoms with E-state index in [1.165, 1.54) is 0 Å². The van der Waals surface area contributed by atoms with E-state index in [1.54, 1.807) is 37.6 Å². The van der Waals surface area contributed by atoms with Crippen LogP contribution in [0.3, 0.4) is 0 Å². The molecular formula is C24H23ClN2O4. The van der Waals surface area contributed by atoms with Crippen molar-refractivity contribution < 1.29 is 19.0 Å². The number of halogens is 1. The summed E-state index contributed by atoms with van der Waals surface area (Å²) in [4.78, 5) is 12.1. The fraction of sp³-hybridized carbons (Fsp3) is 0.167. The predicted molar refractivity (Wildman–Crippen MR) is 122 cm³/mol. The highest BCUT2D eigenvalue weighted by Crippen LogP contribution is 2.17. The Morgan fingerprint density at radius 3 is 2.39 bits per heavy atom. The normalized spacial score (nSPS) is 10.6. The molecule has 3 rings (SSSR count). The van der Waals surface area contributed by atoms with Gasteiger partial charge in [-0.1, -0.05) is 29.8 Å². The number of carbonyl (C=O) groups is 1. The largest absolute Gasteiger partial charge is 0.497 e. The number of carbonyl (C=O) groups excluding carboxylic acids is 1. The van der Waals surface area contributed by atoms with Crippen molar-refractivity contribution in [1.82, 2.24) is 5.43 Å². The minimum atomic E-state index is -0.331. The molecule has 0 aliphatic heterocycles. The lowest BCUT2D eigenvalue weighted by molar-refractivity contribution is 0.0955. The van der Waals surface area contributed by atoms with Crippen LogP contribution in [0.15, 0.2) is 77.9 Å². The number of methoxy groups -OCH3 is 1. The number of nitrogens with zero attached hydrogens (tertiary/aromatic N) is 1. The van der Waals surface area contributed by atoms with Crippen LogP contribution < -0.4 is 19.6 Å². The van der Waals surface area contributed by atoms with Gasteiger partial charge in [0.25, 0.3) is 5.91 Å². The van der Waals surface area contributed by atoms with E-state index in [0.29, 0.717) is 23.8 Å². The third-order valence-corrected chi connectivity index (χ3v) is 4.45. The van der Waals surface area contributed by atoms with Crippen molar-refractivity contribution in [2.24, 2.45) is 5.10 Å². The summed E-state index contributed by atoms with van der Waals surface area (Å²) in [6.45, 7) is 1.06. The topological polar surface area (TPSA) is 69.2 Å². The number of nitrogens with one attached hydrogen (secondary N) is 1. The van der Waals surface area contributed by atoms with E-state index in [2.05, 4.69) is 10.5 Å². The Kier molecular flexibility index (Phi) is 8.31. The molecule has 31 heavy (non-hydrogen) atoms. The molecule has 1 N–H and O–H groups in total. The maximum absolute atomic E-state index is 12.1. The van der Waals surface area contributed by atoms with Crippen LogP contribution in [-0.4, -0.2) is 32.4 Å². The van der Waals surface area contributed by atoms with Crippen molar-refractivity contribution in [2.45, 2.75) is 6.42 Å². The molecule has 0 fully saturated rings. The molecule has 0 saturated heterocycles. The zero-order valence-electron chi connectivity index (χ0n) is 17.1. The molecule has 0 bridgehead atoms. The molecule has 1 amide bonds. The molecule has 3 aromatic carbocycles. The Morgan fingerprint density at radius 1 is 0.935 bits per heavy atom. The van der Waals surface area contributed by atoms with Gasteiger partial charge in [-0.2, -0.15) is 5.10 Å². The van der Waals surface area contributed by atoms with Crippen molar-refractivity contribution in [2.75, 3.05) is 20.3 Å². The first kappa shape index (κ1) is 22.2. The van der Waals surface area contributed by atoms with E-state index in [9.17, 15) is 4.79 Å². The van der Waals surface area contributed by atoms with Crippen molar-refractivity contribution in [3.63, 3.8) is 0 Å². The van der Waals surface area contributed by atoms with Crippen molar-refractivity contribution in [3.8, 4) is 17.2 Å². The Bertz CT molecular complexity index is 1020. The molecule has 3 aromatic rings. The molecule has 0 saturated carbocycles. The summed E-state index contributed by atoms with van der Waals surface area (Å²) in [6, 6.07) is 21.6. The fourth-order valence-corrected chi connectivity index (χ4v) is 2.85. The number of hydrogen-bond acceptors (Lipinski definition) is 5. The second kappa shape index (κ2) is 11.6. The van der Waals surface area contributed by atoms with E-state index >= 15 is 0 Å². The van der Waals surface area contributed by atoms with Gasteiger partial charge in [-0.3, -0.25) is 4.79 Å². The van der Waals surface area contributed by atoms with Crippen molar-refractivity contribution in [1.29, 1.82) is 0 Å². The zero-order chi connectivity index (χ0) is 21.9. The van der Waals surface area contributed by atoms with Gasteiger partial charge < -0.3 is 14.2 Å². The van der Waals surface area contributed by atoms with E-state index in [1.807, 2.05) is 48.5 Å². The smallest absolute Gasteiger partial charge is 0.271 e. The first-order valence-electron chi connectivity index (χ1n) is 9.73. The Labute approximate surface area is 186 Å². The van der Waals surface area contributed by atoms with Crippen LogP contribution >= 0.6 is 11.6 Å². The number of benzene rings is 3. The molecule has 0 radical (unpaired) electrons. The SMILES string of the molecule is COc1ccc(OCCCOc2cccc(/C=N/NC(=O)c3cccc(Cl)c3)c2)cc1. The van der Waals surface area contributed by atoms with Crippen LogP contribution in [0.25, 0.3) is 0 Å². The number of hydrogen-bond donors (Lipinski definition) is 1. The number of amides is 1. The summed E-state index contributed by atoms with van der Waals surface area (Å²) in [6.07, 6.45) is 2.29. The number of rotatable bonds is 10. The highest BCUT2D eigenvalue weighted by molar-refractivity contribution is 6.30. The molecule has 6 nitrogen and oxygen atoms in total. The molecule has 0 heterocycles. The minimum Gasteiger partial charge on any atom is -0.497 e. The monoisotopic (exact) mass is 438 g/mol. The van der Waals surface area contributed by atoms with E-state index < -0.39 is 0 Å². The van der Waals surface area contributed by atoms with E-state index in [0.717, 1.165) is 29.2 Å². The molecule has 0 unspecified atom stereocenters. The summed E-state index contributed by atoms with van der Waals surface area (Å²) >= 11 is 5.90. The predicted octanol–water partition coefficient (Wildman–Crippen LogP) is 4.96. The lowest BCUT2D eigenvalue weighted by atomic mass is 10.2. The number of ether oxygens (including phenoxy) is 3. The van der Waals surface area contributed by atoms with Crippen LogP contribution in [-0.2, 0) is 0 Å². The standard InChI is InChI=1S/C24H23ClN2O4/c1-29-21-9-11-22(12-10-21)30-13-4-14-31-23-8-2-5-18(15-23)17-26-27-24(28)19-6-3-7-20(25)16-19/h2-3,5-12,15-17H,4,13-14H2,1H3,(H,27,28)/b26-17+. The third kappa shape index (κ3) is 7.35. The van der Waals surface area contributed by atoms with Gasteiger partial charge >= 0.3 is 0 Å². The number of hydrazone groups is 1. The zero-order valence-corrected chi connectivity index (χ0v) is 17.8. The van der Waals surface area contributed by atoms with Crippen LogP contribution in [0.4, 0.5) is 0 Å². The summed E-state index contributed by atoms with van der Waals surface area (Å²) < 4.78 is 16.6. The maximum atomic E-state index is 12.1. The van der Waals surface area contributed by atoms with Crippen LogP contribution in [0, 0.1) is 0 Å². The Balaban J connectivity index is 1.41. The second-order valence-corrected chi connectivity index (χ2v) is 6.94. The quantitative estimate of drug-likeness (QED) is 0.276. The molecule has 0 atom stereocenters. The lowest BCUT2D eigenvalue weighted by Crippen LogP contribution is -2.17. The first-order valence-corrected chi connectivity index (χ1v) is 10.1. The van der Waals surface area contributed by atoms with Gasteiger partial charge in [0.05, 0.1) is 26.5 Å². The van der Waals surface area contributed by atoms with Gasteiger partial charge in [0.1, 0.15) is 17.2 Å². The van der Waals surface area contributed by atoms with Gasteiger partial charge in [0.2, 0.25) is 0 Å². The van der Waals surface area contributed by atoms with Crippen molar-refractivity contribution in [3.05, 3.63) is 88.9 Å². The summed E-state index contributed by atoms with van der Waals surface area (Å²) in [5.74, 6) is 1.97. The third-order valence-electron chi connectivity index (χ3n) is 4.21. The Hall–Kier alpha value is -3.51. The molecule has 160 valence electrons. The van der Waals surface area contributed by atoms with Crippen molar-refractivity contribution >= 4 is 23.7 Å². The second-order valence-electron chi connectivity index (χ2n) is 6.51. The molecule has 0 aliphatic carbocycles. The average molecular weight is 439 g/mol. The summed E-state index contributed by atoms with van der Waals surface area (Å²) in [5.41, 5.74) is 3.73. The maximum Gasteiger partial charge on any atom is 0.271 e. The Morgan fingerprint density at radius 2 is 1.65 bits per heavy atom. The first-order chi connectivity index (χ1) is 15.1. The van der Waals surface area contributed by atoms with Crippen LogP contribution in [0.1, 0.15) is 22.3 Å². The minimum absolute atomic E-state index is 0.331. The summed E-state index contributed by atoms with van der Waals surface area (Å²) in [7, 11) is 1.63. The highest BCUT2D eigenvalue weighted by Gasteiger charge is 2.04. The van der Waals surface area contributed by atoms with Gasteiger partial charge in [-0.05, 0) is 60.2 Å². The molecular weight excluding hydrogens is 416 g/mol. The van der Waals surface area contributed by atoms with Gasteiger partial charge in [0.15, 0.2) is 0 Å². The van der Waals surface area contributed by atoms with Gasteiger partial charge in [-0.15, -0.1) is 0 Å². The molecule has 0 aliphatic rings. The molecule has 7 heteroatoms. The average Bonchev–Trinajstić information content (AvgIpc) is 2.79.